The highest BCUT2D eigenvalue weighted by atomic mass is 32.2. The Balaban J connectivity index is 1.51. The van der Waals surface area contributed by atoms with Gasteiger partial charge in [-0.3, -0.25) is 62.3 Å². The quantitative estimate of drug-likeness (QED) is 0.0265. The Hall–Kier alpha value is -8.83. The molecular formula is C55H67N9O18S2. The Labute approximate surface area is 490 Å². The number of rotatable bonds is 34. The number of aliphatic carboxylic acids is 4. The van der Waals surface area contributed by atoms with Crippen molar-refractivity contribution in [3.05, 3.63) is 83.9 Å². The number of hydrogen-bond acceptors (Lipinski definition) is 16. The molecule has 84 heavy (non-hydrogen) atoms. The third-order valence-corrected chi connectivity index (χ3v) is 14.3. The molecular weight excluding hydrogens is 1140 g/mol. The minimum absolute atomic E-state index is 0.0982. The van der Waals surface area contributed by atoms with Gasteiger partial charge in [-0.2, -0.15) is 24.4 Å². The third-order valence-electron chi connectivity index (χ3n) is 12.8. The topological polar surface area (TPSA) is 445 Å². The minimum Gasteiger partial charge on any atom is -0.481 e. The molecule has 452 valence electrons. The van der Waals surface area contributed by atoms with Crippen LogP contribution < -0.4 is 48.3 Å². The van der Waals surface area contributed by atoms with Gasteiger partial charge in [0.2, 0.25) is 53.2 Å². The van der Waals surface area contributed by atoms with Crippen molar-refractivity contribution in [2.75, 3.05) is 18.1 Å². The number of aliphatic hydroxyl groups is 1. The first-order valence-corrected chi connectivity index (χ1v) is 27.9. The van der Waals surface area contributed by atoms with Crippen LogP contribution in [-0.2, 0) is 68.1 Å². The molecule has 4 aromatic rings. The lowest BCUT2D eigenvalue weighted by molar-refractivity contribution is -0.142. The van der Waals surface area contributed by atoms with E-state index in [0.29, 0.717) is 5.75 Å². The number of aryl methyl sites for hydroxylation is 1. The van der Waals surface area contributed by atoms with E-state index in [-0.39, 0.29) is 11.5 Å². The molecule has 0 aliphatic rings. The predicted molar refractivity (Wildman–Crippen MR) is 308 cm³/mol. The van der Waals surface area contributed by atoms with Crippen LogP contribution in [0, 0.1) is 6.92 Å². The molecule has 0 aliphatic carbocycles. The standard InChI is InChI=1S/C55H67N9O18S2/c1-27-12-13-30-8-4-6-10-33(30)46(27)47-32(15-14-31-9-5-7-11-34(31)47)25-84-26-40(58-29(3)66)54(81)62-38(22-45(74)75)53(80)61-36(17-20-43(70)71)51(78)60-37(18-21-44(72)73)52(79)64-48(28(2)65)55(82)57-23-41(67)59-35(16-19-42(68)69)50(77)63-39(24-83)49(56)76/h4-15,28,35-40,48,65,83H,16-26H2,1-3H3,(H2,56,76)(H,57,82)(H,58,66)(H,59,67)(H,60,78)(H,61,80)(H,62,81)(H,63,77)(H,64,79)(H,68,69)(H,70,71)(H,72,73)(H,74,75)/t28-,35+,36+,37+,38+,39+,40+,48+/m1/s1. The number of nitrogens with one attached hydrogen (secondary N) is 8. The number of carboxylic acids is 4. The number of carbonyl (C=O) groups excluding carboxylic acids is 9. The second-order valence-corrected chi connectivity index (χ2v) is 20.8. The molecule has 27 nitrogen and oxygen atoms in total. The Morgan fingerprint density at radius 1 is 0.536 bits per heavy atom. The van der Waals surface area contributed by atoms with Crippen molar-refractivity contribution in [3.8, 4) is 11.1 Å². The van der Waals surface area contributed by atoms with Crippen LogP contribution in [0.2, 0.25) is 0 Å². The van der Waals surface area contributed by atoms with Crippen molar-refractivity contribution in [1.29, 1.82) is 0 Å². The summed E-state index contributed by atoms with van der Waals surface area (Å²) in [6.45, 7) is 3.21. The fourth-order valence-corrected chi connectivity index (χ4v) is 9.95. The molecule has 8 atom stereocenters. The number of amides is 9. The van der Waals surface area contributed by atoms with E-state index in [9.17, 15) is 82.8 Å². The molecule has 0 aromatic heterocycles. The van der Waals surface area contributed by atoms with Crippen LogP contribution in [0.4, 0.5) is 0 Å². The van der Waals surface area contributed by atoms with Gasteiger partial charge < -0.3 is 73.8 Å². The minimum atomic E-state index is -1.98. The van der Waals surface area contributed by atoms with Crippen LogP contribution in [0.3, 0.4) is 0 Å². The molecule has 0 saturated carbocycles. The highest BCUT2D eigenvalue weighted by Gasteiger charge is 2.35. The Bertz CT molecular complexity index is 3140. The van der Waals surface area contributed by atoms with E-state index in [1.165, 1.54) is 11.8 Å². The van der Waals surface area contributed by atoms with Crippen molar-refractivity contribution in [2.24, 2.45) is 5.73 Å². The lowest BCUT2D eigenvalue weighted by Crippen LogP contribution is -2.61. The van der Waals surface area contributed by atoms with Gasteiger partial charge >= 0.3 is 23.9 Å². The maximum absolute atomic E-state index is 14.0. The van der Waals surface area contributed by atoms with E-state index in [4.69, 9.17) is 10.8 Å². The maximum Gasteiger partial charge on any atom is 0.305 e. The first-order valence-electron chi connectivity index (χ1n) is 26.1. The van der Waals surface area contributed by atoms with E-state index in [1.807, 2.05) is 79.7 Å². The second kappa shape index (κ2) is 32.7. The van der Waals surface area contributed by atoms with Crippen LogP contribution in [0.25, 0.3) is 32.7 Å². The molecule has 0 spiro atoms. The van der Waals surface area contributed by atoms with Gasteiger partial charge in [-0.05, 0) is 76.9 Å². The zero-order valence-corrected chi connectivity index (χ0v) is 47.5. The highest BCUT2D eigenvalue weighted by molar-refractivity contribution is 7.98. The summed E-state index contributed by atoms with van der Waals surface area (Å²) in [6.07, 6.45) is -7.10. The van der Waals surface area contributed by atoms with Crippen LogP contribution in [-0.4, -0.2) is 169 Å². The van der Waals surface area contributed by atoms with Crippen molar-refractivity contribution >= 4 is 123 Å². The van der Waals surface area contributed by atoms with Gasteiger partial charge in [0.25, 0.3) is 0 Å². The summed E-state index contributed by atoms with van der Waals surface area (Å²) in [6, 6.07) is 11.7. The van der Waals surface area contributed by atoms with E-state index in [1.54, 1.807) is 0 Å². The van der Waals surface area contributed by atoms with Crippen LogP contribution in [0.15, 0.2) is 72.8 Å². The van der Waals surface area contributed by atoms with Crippen molar-refractivity contribution in [1.82, 2.24) is 42.5 Å². The first-order chi connectivity index (χ1) is 39.7. The van der Waals surface area contributed by atoms with Crippen LogP contribution in [0.1, 0.15) is 69.9 Å². The number of nitrogens with two attached hydrogens (primary N) is 1. The number of primary amides is 1. The SMILES string of the molecule is CC(=O)N[C@@H](CSCc1ccc2ccccc2c1-c1c(C)ccc2ccccc12)C(=O)N[C@@H](CC(=O)O)C(=O)N[C@@H](CCC(=O)O)C(=O)N[C@@H](CCC(=O)O)C(=O)N[C@H](C(=O)NCC(=O)N[C@@H](CCC(=O)O)C(=O)N[C@@H](CS)C(N)=O)[C@@H](C)O. The van der Waals surface area contributed by atoms with Crippen molar-refractivity contribution in [2.45, 2.75) is 120 Å². The van der Waals surface area contributed by atoms with E-state index in [2.05, 4.69) is 55.2 Å². The molecule has 0 saturated heterocycles. The zero-order chi connectivity index (χ0) is 62.4. The lowest BCUT2D eigenvalue weighted by atomic mass is 9.88. The fourth-order valence-electron chi connectivity index (χ4n) is 8.63. The average molecular weight is 1210 g/mol. The lowest BCUT2D eigenvalue weighted by Gasteiger charge is -2.27. The summed E-state index contributed by atoms with van der Waals surface area (Å²) in [5.74, 6) is -16.0. The molecule has 0 radical (unpaired) electrons. The van der Waals surface area contributed by atoms with Gasteiger partial charge in [-0.1, -0.05) is 72.8 Å². The Morgan fingerprint density at radius 3 is 1.48 bits per heavy atom. The molecule has 15 N–H and O–H groups in total. The number of benzene rings is 4. The number of hydrogen-bond donors (Lipinski definition) is 15. The van der Waals surface area contributed by atoms with E-state index in [0.717, 1.165) is 57.6 Å². The van der Waals surface area contributed by atoms with E-state index >= 15 is 0 Å². The van der Waals surface area contributed by atoms with Gasteiger partial charge in [0, 0.05) is 43.4 Å². The number of carbonyl (C=O) groups is 13. The van der Waals surface area contributed by atoms with Crippen molar-refractivity contribution in [3.63, 3.8) is 0 Å². The summed E-state index contributed by atoms with van der Waals surface area (Å²) < 4.78 is 0. The molecule has 0 unspecified atom stereocenters. The molecule has 4 rings (SSSR count). The van der Waals surface area contributed by atoms with Gasteiger partial charge in [0.05, 0.1) is 19.1 Å². The average Bonchev–Trinajstić information content (AvgIpc) is 2.55. The number of fused-ring (bicyclic) bond motifs is 2. The Kier molecular flexibility index (Phi) is 26.4. The van der Waals surface area contributed by atoms with Crippen molar-refractivity contribution < 1.29 is 87.9 Å². The molecule has 4 aromatic carbocycles. The van der Waals surface area contributed by atoms with Crippen LogP contribution in [0.5, 0.6) is 0 Å². The summed E-state index contributed by atoms with van der Waals surface area (Å²) >= 11 is 5.17. The number of carboxylic acid groups (broad SMARTS) is 4. The van der Waals surface area contributed by atoms with Gasteiger partial charge in [-0.25, -0.2) is 0 Å². The second-order valence-electron chi connectivity index (χ2n) is 19.4. The molecule has 9 amide bonds. The fraction of sp³-hybridized carbons (Fsp3) is 0.400. The highest BCUT2D eigenvalue weighted by Crippen LogP contribution is 2.40. The number of thiol groups is 1. The maximum atomic E-state index is 14.0. The molecule has 0 heterocycles. The molecule has 0 fully saturated rings. The van der Waals surface area contributed by atoms with Gasteiger partial charge in [0.1, 0.15) is 42.3 Å². The summed E-state index contributed by atoms with van der Waals surface area (Å²) in [4.78, 5) is 166. The summed E-state index contributed by atoms with van der Waals surface area (Å²) in [7, 11) is 0. The first kappa shape index (κ1) is 67.7. The zero-order valence-electron chi connectivity index (χ0n) is 45.8. The van der Waals surface area contributed by atoms with Gasteiger partial charge in [-0.15, -0.1) is 0 Å². The van der Waals surface area contributed by atoms with Gasteiger partial charge in [0.15, 0.2) is 0 Å². The normalized spacial score (nSPS) is 13.9. The number of aliphatic hydroxyl groups excluding tert-OH is 1. The molecule has 29 heteroatoms. The predicted octanol–water partition coefficient (Wildman–Crippen LogP) is -0.404. The monoisotopic (exact) mass is 1210 g/mol. The summed E-state index contributed by atoms with van der Waals surface area (Å²) in [5.41, 5.74) is 9.08. The molecule has 0 bridgehead atoms. The Morgan fingerprint density at radius 2 is 0.988 bits per heavy atom. The number of thioether (sulfide) groups is 1. The largest absolute Gasteiger partial charge is 0.481 e. The smallest absolute Gasteiger partial charge is 0.305 e. The van der Waals surface area contributed by atoms with Crippen LogP contribution >= 0.6 is 24.4 Å². The summed E-state index contributed by atoms with van der Waals surface area (Å²) in [5, 5.41) is 70.4. The molecule has 0 aliphatic heterocycles. The van der Waals surface area contributed by atoms with E-state index < -0.39 is 177 Å². The third kappa shape index (κ3) is 20.9.